The Morgan fingerprint density at radius 3 is 2.82 bits per heavy atom. The number of nitrogens with zero attached hydrogens (tertiary/aromatic N) is 4. The van der Waals surface area contributed by atoms with E-state index in [0.717, 1.165) is 6.07 Å². The molecular weight excluding hydrogens is 463 g/mol. The highest BCUT2D eigenvalue weighted by molar-refractivity contribution is 6.31. The molecule has 1 atom stereocenters. The van der Waals surface area contributed by atoms with Crippen LogP contribution in [0.25, 0.3) is 11.2 Å². The Hall–Kier alpha value is -4.04. The second-order valence-electron chi connectivity index (χ2n) is 7.85. The van der Waals surface area contributed by atoms with E-state index in [1.54, 1.807) is 14.0 Å². The molecule has 4 rings (SSSR count). The highest BCUT2D eigenvalue weighted by atomic mass is 35.5. The van der Waals surface area contributed by atoms with Crippen LogP contribution in [0.4, 0.5) is 10.1 Å². The lowest BCUT2D eigenvalue weighted by Crippen LogP contribution is -2.55. The van der Waals surface area contributed by atoms with Gasteiger partial charge in [0.1, 0.15) is 23.1 Å². The molecule has 3 aromatic rings. The van der Waals surface area contributed by atoms with Crippen molar-refractivity contribution in [3.63, 3.8) is 0 Å². The molecule has 1 aromatic carbocycles. The van der Waals surface area contributed by atoms with Crippen molar-refractivity contribution < 1.29 is 14.0 Å². The zero-order valence-corrected chi connectivity index (χ0v) is 19.0. The Labute approximate surface area is 198 Å². The number of aromatic nitrogens is 3. The maximum atomic E-state index is 14.6. The van der Waals surface area contributed by atoms with Crippen LogP contribution in [-0.4, -0.2) is 63.6 Å². The van der Waals surface area contributed by atoms with Gasteiger partial charge in [0.2, 0.25) is 5.91 Å². The Kier molecular flexibility index (Phi) is 6.17. The second kappa shape index (κ2) is 9.07. The first-order chi connectivity index (χ1) is 16.2. The number of likely N-dealkylation sites (tertiary alicyclic amines) is 1. The molecule has 34 heavy (non-hydrogen) atoms. The first kappa shape index (κ1) is 23.1. The molecule has 2 amide bonds. The monoisotopic (exact) mass is 482 g/mol. The van der Waals surface area contributed by atoms with Crippen molar-refractivity contribution in [3.05, 3.63) is 52.2 Å². The van der Waals surface area contributed by atoms with Crippen LogP contribution in [0.3, 0.4) is 0 Å². The number of amides is 2. The van der Waals surface area contributed by atoms with E-state index in [-0.39, 0.29) is 44.9 Å². The molecule has 3 heterocycles. The largest absolute Gasteiger partial charge is 0.387 e. The van der Waals surface area contributed by atoms with Crippen molar-refractivity contribution >= 4 is 46.0 Å². The first-order valence-corrected chi connectivity index (χ1v) is 10.7. The Morgan fingerprint density at radius 2 is 2.15 bits per heavy atom. The Bertz CT molecular complexity index is 1360. The molecule has 0 spiro atoms. The number of rotatable bonds is 6. The van der Waals surface area contributed by atoms with Gasteiger partial charge in [-0.15, -0.1) is 0 Å². The van der Waals surface area contributed by atoms with Crippen molar-refractivity contribution in [1.82, 2.24) is 25.2 Å². The predicted octanol–water partition coefficient (Wildman–Crippen LogP) is 2.31. The minimum atomic E-state index is -0.812. The molecule has 10 nitrogen and oxygen atoms in total. The minimum Gasteiger partial charge on any atom is -0.387 e. The average Bonchev–Trinajstić information content (AvgIpc) is 3.20. The summed E-state index contributed by atoms with van der Waals surface area (Å²) in [4.78, 5) is 38.2. The number of benzene rings is 1. The summed E-state index contributed by atoms with van der Waals surface area (Å²) < 4.78 is 14.6. The standard InChI is InChI=1S/C22H20ClFN8O2/c1-10(22(34)32-8-11(5-25)9-32)30-21(33)13-6-28-20-19(13)31-16(7-29-20)18(26)17-14(24)3-12(23)4-15(17)27-2/h3-4,6-7,10-11,26-27H,8-9H2,1-2H3,(H,28,29)(H,30,33)/t10-/m1/s1. The van der Waals surface area contributed by atoms with Gasteiger partial charge in [-0.05, 0) is 19.1 Å². The SMILES string of the molecule is CNc1cc(Cl)cc(F)c1C(=N)c1cnc2[nH]cc(C(=O)N[C@H](C)C(=O)N3CC(C#N)C3)c2n1. The summed E-state index contributed by atoms with van der Waals surface area (Å²) in [5, 5.41) is 23.0. The van der Waals surface area contributed by atoms with E-state index in [1.807, 2.05) is 0 Å². The fraction of sp³-hybridized carbons (Fsp3) is 0.273. The molecule has 1 aliphatic rings. The molecule has 0 aliphatic carbocycles. The molecule has 174 valence electrons. The number of carbonyl (C=O) groups is 2. The number of nitriles is 1. The van der Waals surface area contributed by atoms with Gasteiger partial charge in [0.15, 0.2) is 5.65 Å². The number of hydrogen-bond donors (Lipinski definition) is 4. The lowest BCUT2D eigenvalue weighted by Gasteiger charge is -2.37. The topological polar surface area (TPSA) is 151 Å². The maximum Gasteiger partial charge on any atom is 0.255 e. The third kappa shape index (κ3) is 4.15. The van der Waals surface area contributed by atoms with Crippen molar-refractivity contribution in [3.8, 4) is 6.07 Å². The summed E-state index contributed by atoms with van der Waals surface area (Å²) in [6.07, 6.45) is 2.71. The average molecular weight is 483 g/mol. The zero-order valence-electron chi connectivity index (χ0n) is 18.2. The van der Waals surface area contributed by atoms with Gasteiger partial charge >= 0.3 is 0 Å². The van der Waals surface area contributed by atoms with Crippen molar-refractivity contribution in [1.29, 1.82) is 10.7 Å². The molecule has 1 fully saturated rings. The van der Waals surface area contributed by atoms with Crippen LogP contribution in [0.15, 0.2) is 24.5 Å². The van der Waals surface area contributed by atoms with Gasteiger partial charge in [0.05, 0.1) is 35.0 Å². The van der Waals surface area contributed by atoms with E-state index in [4.69, 9.17) is 22.3 Å². The number of halogens is 2. The van der Waals surface area contributed by atoms with Crippen molar-refractivity contribution in [2.24, 2.45) is 5.92 Å². The predicted molar refractivity (Wildman–Crippen MR) is 123 cm³/mol. The highest BCUT2D eigenvalue weighted by Crippen LogP contribution is 2.27. The van der Waals surface area contributed by atoms with Gasteiger partial charge in [0, 0.05) is 37.0 Å². The summed E-state index contributed by atoms with van der Waals surface area (Å²) in [7, 11) is 1.58. The zero-order chi connectivity index (χ0) is 24.6. The summed E-state index contributed by atoms with van der Waals surface area (Å²) in [5.74, 6) is -1.73. The first-order valence-electron chi connectivity index (χ1n) is 10.3. The normalized spacial score (nSPS) is 14.3. The highest BCUT2D eigenvalue weighted by Gasteiger charge is 2.33. The van der Waals surface area contributed by atoms with E-state index in [1.165, 1.54) is 23.4 Å². The lowest BCUT2D eigenvalue weighted by molar-refractivity contribution is -0.137. The lowest BCUT2D eigenvalue weighted by atomic mass is 10.0. The minimum absolute atomic E-state index is 0.0356. The molecule has 0 bridgehead atoms. The van der Waals surface area contributed by atoms with Crippen LogP contribution in [0.1, 0.15) is 28.5 Å². The summed E-state index contributed by atoms with van der Waals surface area (Å²) >= 11 is 5.91. The second-order valence-corrected chi connectivity index (χ2v) is 8.29. The van der Waals surface area contributed by atoms with Crippen LogP contribution in [0, 0.1) is 28.5 Å². The van der Waals surface area contributed by atoms with E-state index >= 15 is 0 Å². The van der Waals surface area contributed by atoms with Crippen LogP contribution < -0.4 is 10.6 Å². The number of aromatic amines is 1. The van der Waals surface area contributed by atoms with E-state index in [2.05, 4.69) is 31.7 Å². The van der Waals surface area contributed by atoms with Gasteiger partial charge in [0.25, 0.3) is 5.91 Å². The molecule has 1 aliphatic heterocycles. The van der Waals surface area contributed by atoms with Gasteiger partial charge in [-0.3, -0.25) is 15.0 Å². The smallest absolute Gasteiger partial charge is 0.255 e. The molecular formula is C22H20ClFN8O2. The van der Waals surface area contributed by atoms with Crippen LogP contribution in [-0.2, 0) is 4.79 Å². The molecule has 12 heteroatoms. The Morgan fingerprint density at radius 1 is 1.41 bits per heavy atom. The third-order valence-corrected chi connectivity index (χ3v) is 5.77. The van der Waals surface area contributed by atoms with Gasteiger partial charge in [-0.2, -0.15) is 5.26 Å². The van der Waals surface area contributed by atoms with Crippen LogP contribution in [0.2, 0.25) is 5.02 Å². The summed E-state index contributed by atoms with van der Waals surface area (Å²) in [6, 6.07) is 3.87. The summed E-state index contributed by atoms with van der Waals surface area (Å²) in [6.45, 7) is 2.25. The fourth-order valence-electron chi connectivity index (χ4n) is 3.69. The number of carbonyl (C=O) groups excluding carboxylic acids is 2. The Balaban J connectivity index is 1.58. The van der Waals surface area contributed by atoms with Crippen molar-refractivity contribution in [2.75, 3.05) is 25.5 Å². The quantitative estimate of drug-likeness (QED) is 0.396. The number of hydrogen-bond acceptors (Lipinski definition) is 7. The number of anilines is 1. The molecule has 0 unspecified atom stereocenters. The maximum absolute atomic E-state index is 14.6. The number of nitrogens with one attached hydrogen (secondary N) is 4. The summed E-state index contributed by atoms with van der Waals surface area (Å²) in [5.41, 5.74) is 0.673. The number of H-pyrrole nitrogens is 1. The molecule has 0 saturated carbocycles. The van der Waals surface area contributed by atoms with Gasteiger partial charge in [-0.25, -0.2) is 14.4 Å². The van der Waals surface area contributed by atoms with E-state index in [9.17, 15) is 14.0 Å². The molecule has 2 aromatic heterocycles. The third-order valence-electron chi connectivity index (χ3n) is 5.55. The van der Waals surface area contributed by atoms with E-state index in [0.29, 0.717) is 24.4 Å². The fourth-order valence-corrected chi connectivity index (χ4v) is 3.89. The van der Waals surface area contributed by atoms with Gasteiger partial charge in [-0.1, -0.05) is 11.6 Å². The molecule has 4 N–H and O–H groups in total. The van der Waals surface area contributed by atoms with Crippen LogP contribution in [0.5, 0.6) is 0 Å². The number of fused-ring (bicyclic) bond motifs is 1. The molecule has 0 radical (unpaired) electrons. The van der Waals surface area contributed by atoms with Crippen molar-refractivity contribution in [2.45, 2.75) is 13.0 Å². The molecule has 1 saturated heterocycles. The van der Waals surface area contributed by atoms with E-state index < -0.39 is 17.8 Å². The van der Waals surface area contributed by atoms with Crippen LogP contribution >= 0.6 is 11.6 Å². The van der Waals surface area contributed by atoms with Gasteiger partial charge < -0.3 is 20.5 Å².